The number of carbonyl (C=O) groups is 1. The van der Waals surface area contributed by atoms with Crippen molar-refractivity contribution in [2.45, 2.75) is 65.6 Å². The highest BCUT2D eigenvalue weighted by Crippen LogP contribution is 2.15. The fourth-order valence-corrected chi connectivity index (χ4v) is 2.99. The number of hydrogen-bond acceptors (Lipinski definition) is 3. The van der Waals surface area contributed by atoms with E-state index in [0.29, 0.717) is 6.54 Å². The first-order valence-corrected chi connectivity index (χ1v) is 8.27. The standard InChI is InChI=1S/C16H33N3O2/c1-12(2)19(11-15(5)20)16(21)17-14(4)10-18-8-6-7-13(3)9-18/h12-15,20H,6-11H2,1-5H3,(H,17,21). The lowest BCUT2D eigenvalue weighted by Crippen LogP contribution is -2.52. The summed E-state index contributed by atoms with van der Waals surface area (Å²) in [7, 11) is 0. The van der Waals surface area contributed by atoms with E-state index in [1.54, 1.807) is 11.8 Å². The van der Waals surface area contributed by atoms with Crippen LogP contribution in [-0.2, 0) is 0 Å². The zero-order chi connectivity index (χ0) is 16.0. The van der Waals surface area contributed by atoms with Crippen molar-refractivity contribution in [3.8, 4) is 0 Å². The fraction of sp³-hybridized carbons (Fsp3) is 0.938. The average Bonchev–Trinajstić information content (AvgIpc) is 2.34. The van der Waals surface area contributed by atoms with E-state index in [1.807, 2.05) is 13.8 Å². The lowest BCUT2D eigenvalue weighted by atomic mass is 10.00. The second-order valence-electron chi connectivity index (χ2n) is 6.95. The molecule has 2 N–H and O–H groups in total. The van der Waals surface area contributed by atoms with Gasteiger partial charge in [0.1, 0.15) is 0 Å². The van der Waals surface area contributed by atoms with E-state index < -0.39 is 6.10 Å². The molecule has 0 saturated carbocycles. The summed E-state index contributed by atoms with van der Waals surface area (Å²) < 4.78 is 0. The van der Waals surface area contributed by atoms with Crippen molar-refractivity contribution in [1.29, 1.82) is 0 Å². The van der Waals surface area contributed by atoms with Gasteiger partial charge in [-0.25, -0.2) is 4.79 Å². The first kappa shape index (κ1) is 18.2. The first-order chi connectivity index (χ1) is 9.79. The molecule has 0 aromatic carbocycles. The molecule has 2 amide bonds. The van der Waals surface area contributed by atoms with Crippen LogP contribution in [0, 0.1) is 5.92 Å². The van der Waals surface area contributed by atoms with Crippen LogP contribution < -0.4 is 5.32 Å². The molecule has 1 aliphatic rings. The van der Waals surface area contributed by atoms with E-state index in [0.717, 1.165) is 25.6 Å². The minimum atomic E-state index is -0.503. The Morgan fingerprint density at radius 2 is 2.05 bits per heavy atom. The van der Waals surface area contributed by atoms with Gasteiger partial charge in [0, 0.05) is 31.7 Å². The maximum atomic E-state index is 12.3. The zero-order valence-electron chi connectivity index (χ0n) is 14.3. The van der Waals surface area contributed by atoms with Crippen molar-refractivity contribution in [3.05, 3.63) is 0 Å². The largest absolute Gasteiger partial charge is 0.392 e. The SMILES string of the molecule is CC(O)CN(C(=O)NC(C)CN1CCCC(C)C1)C(C)C. The first-order valence-electron chi connectivity index (χ1n) is 8.27. The molecule has 1 rings (SSSR count). The Bertz CT molecular complexity index is 321. The normalized spacial score (nSPS) is 22.9. The summed E-state index contributed by atoms with van der Waals surface area (Å²) in [5.41, 5.74) is 0. The number of amides is 2. The van der Waals surface area contributed by atoms with Crippen molar-refractivity contribution in [3.63, 3.8) is 0 Å². The van der Waals surface area contributed by atoms with E-state index in [-0.39, 0.29) is 18.1 Å². The van der Waals surface area contributed by atoms with E-state index in [1.165, 1.54) is 12.8 Å². The molecule has 3 unspecified atom stereocenters. The number of hydrogen-bond donors (Lipinski definition) is 2. The number of carbonyl (C=O) groups excluding carboxylic acids is 1. The average molecular weight is 299 g/mol. The summed E-state index contributed by atoms with van der Waals surface area (Å²) in [6.45, 7) is 13.5. The van der Waals surface area contributed by atoms with Gasteiger partial charge in [-0.1, -0.05) is 6.92 Å². The Hall–Kier alpha value is -0.810. The number of rotatable bonds is 6. The number of urea groups is 1. The number of piperidine rings is 1. The van der Waals surface area contributed by atoms with Gasteiger partial charge in [-0.3, -0.25) is 0 Å². The van der Waals surface area contributed by atoms with E-state index in [2.05, 4.69) is 24.1 Å². The summed E-state index contributed by atoms with van der Waals surface area (Å²) in [4.78, 5) is 16.5. The summed E-state index contributed by atoms with van der Waals surface area (Å²) >= 11 is 0. The number of aliphatic hydroxyl groups excluding tert-OH is 1. The van der Waals surface area contributed by atoms with Gasteiger partial charge in [0.05, 0.1) is 6.10 Å². The van der Waals surface area contributed by atoms with Crippen LogP contribution in [0.15, 0.2) is 0 Å². The second kappa shape index (κ2) is 8.59. The summed E-state index contributed by atoms with van der Waals surface area (Å²) in [5.74, 6) is 0.754. The molecule has 1 fully saturated rings. The molecule has 1 aliphatic heterocycles. The molecule has 0 radical (unpaired) electrons. The molecule has 1 saturated heterocycles. The number of nitrogens with one attached hydrogen (secondary N) is 1. The maximum Gasteiger partial charge on any atom is 0.317 e. The minimum Gasteiger partial charge on any atom is -0.392 e. The minimum absolute atomic E-state index is 0.0801. The third kappa shape index (κ3) is 6.66. The van der Waals surface area contributed by atoms with Gasteiger partial charge in [0.25, 0.3) is 0 Å². The van der Waals surface area contributed by atoms with E-state index in [4.69, 9.17) is 0 Å². The quantitative estimate of drug-likeness (QED) is 0.788. The van der Waals surface area contributed by atoms with Gasteiger partial charge in [0.15, 0.2) is 0 Å². The lowest BCUT2D eigenvalue weighted by molar-refractivity contribution is 0.114. The Kier molecular flexibility index (Phi) is 7.46. The Balaban J connectivity index is 2.44. The van der Waals surface area contributed by atoms with Crippen LogP contribution in [0.1, 0.15) is 47.5 Å². The van der Waals surface area contributed by atoms with Crippen LogP contribution in [0.25, 0.3) is 0 Å². The van der Waals surface area contributed by atoms with Crippen molar-refractivity contribution in [2.75, 3.05) is 26.2 Å². The smallest absolute Gasteiger partial charge is 0.317 e. The van der Waals surface area contributed by atoms with Gasteiger partial charge >= 0.3 is 6.03 Å². The van der Waals surface area contributed by atoms with Gasteiger partial charge in [0.2, 0.25) is 0 Å². The van der Waals surface area contributed by atoms with Gasteiger partial charge < -0.3 is 20.2 Å². The van der Waals surface area contributed by atoms with Crippen molar-refractivity contribution < 1.29 is 9.90 Å². The molecule has 0 bridgehead atoms. The van der Waals surface area contributed by atoms with Gasteiger partial charge in [-0.05, 0) is 53.0 Å². The number of likely N-dealkylation sites (tertiary alicyclic amines) is 1. The molecular weight excluding hydrogens is 266 g/mol. The Labute approximate surface area is 129 Å². The molecule has 0 aromatic heterocycles. The molecule has 5 heteroatoms. The summed E-state index contributed by atoms with van der Waals surface area (Å²) in [6.07, 6.45) is 2.06. The predicted molar refractivity (Wildman–Crippen MR) is 86.4 cm³/mol. The van der Waals surface area contributed by atoms with Crippen molar-refractivity contribution in [2.24, 2.45) is 5.92 Å². The Morgan fingerprint density at radius 1 is 1.38 bits per heavy atom. The van der Waals surface area contributed by atoms with Gasteiger partial charge in [-0.2, -0.15) is 0 Å². The highest BCUT2D eigenvalue weighted by Gasteiger charge is 2.22. The van der Waals surface area contributed by atoms with Crippen LogP contribution in [0.5, 0.6) is 0 Å². The van der Waals surface area contributed by atoms with Gasteiger partial charge in [-0.15, -0.1) is 0 Å². The number of nitrogens with zero attached hydrogens (tertiary/aromatic N) is 2. The summed E-state index contributed by atoms with van der Waals surface area (Å²) in [6, 6.07) is 0.128. The van der Waals surface area contributed by atoms with Crippen LogP contribution in [-0.4, -0.2) is 65.3 Å². The zero-order valence-corrected chi connectivity index (χ0v) is 14.3. The maximum absolute atomic E-state index is 12.3. The summed E-state index contributed by atoms with van der Waals surface area (Å²) in [5, 5.41) is 12.6. The lowest BCUT2D eigenvalue weighted by Gasteiger charge is -2.34. The van der Waals surface area contributed by atoms with Crippen LogP contribution >= 0.6 is 0 Å². The van der Waals surface area contributed by atoms with Crippen molar-refractivity contribution in [1.82, 2.24) is 15.1 Å². The Morgan fingerprint density at radius 3 is 2.57 bits per heavy atom. The molecule has 1 heterocycles. The number of aliphatic hydroxyl groups is 1. The van der Waals surface area contributed by atoms with Crippen molar-refractivity contribution >= 4 is 6.03 Å². The molecule has 5 nitrogen and oxygen atoms in total. The molecule has 21 heavy (non-hydrogen) atoms. The molecule has 124 valence electrons. The predicted octanol–water partition coefficient (Wildman–Crippen LogP) is 1.91. The van der Waals surface area contributed by atoms with Crippen LogP contribution in [0.4, 0.5) is 4.79 Å². The third-order valence-corrected chi connectivity index (χ3v) is 3.99. The van der Waals surface area contributed by atoms with Crippen LogP contribution in [0.2, 0.25) is 0 Å². The van der Waals surface area contributed by atoms with E-state index >= 15 is 0 Å². The fourth-order valence-electron chi connectivity index (χ4n) is 2.99. The monoisotopic (exact) mass is 299 g/mol. The molecule has 0 aliphatic carbocycles. The van der Waals surface area contributed by atoms with E-state index in [9.17, 15) is 9.90 Å². The molecular formula is C16H33N3O2. The molecule has 0 spiro atoms. The van der Waals surface area contributed by atoms with Crippen LogP contribution in [0.3, 0.4) is 0 Å². The topological polar surface area (TPSA) is 55.8 Å². The highest BCUT2D eigenvalue weighted by molar-refractivity contribution is 5.74. The third-order valence-electron chi connectivity index (χ3n) is 3.99. The highest BCUT2D eigenvalue weighted by atomic mass is 16.3. The molecule has 3 atom stereocenters. The molecule has 0 aromatic rings. The second-order valence-corrected chi connectivity index (χ2v) is 6.95.